The molecule has 2 aromatic rings. The number of likely N-dealkylation sites (N-methyl/N-ethyl adjacent to an activating group) is 1. The van der Waals surface area contributed by atoms with E-state index >= 15 is 0 Å². The van der Waals surface area contributed by atoms with E-state index in [0.717, 1.165) is 15.6 Å². The number of carbonyl (C=O) groups is 1. The van der Waals surface area contributed by atoms with Crippen LogP contribution in [0.5, 0.6) is 0 Å². The van der Waals surface area contributed by atoms with Gasteiger partial charge in [-0.05, 0) is 58.1 Å². The minimum absolute atomic E-state index is 0.0578. The van der Waals surface area contributed by atoms with Crippen molar-refractivity contribution in [3.63, 3.8) is 0 Å². The molecule has 1 atom stereocenters. The summed E-state index contributed by atoms with van der Waals surface area (Å²) in [5, 5.41) is 3.24. The molecule has 0 radical (unpaired) electrons. The Balaban J connectivity index is 2.39. The molecule has 1 N–H and O–H groups in total. The van der Waals surface area contributed by atoms with Crippen LogP contribution in [0.3, 0.4) is 0 Å². The van der Waals surface area contributed by atoms with Gasteiger partial charge in [-0.25, -0.2) is 0 Å². The van der Waals surface area contributed by atoms with Crippen LogP contribution in [0.2, 0.25) is 0 Å². The van der Waals surface area contributed by atoms with Crippen LogP contribution in [-0.4, -0.2) is 30.4 Å². The Kier molecular flexibility index (Phi) is 5.83. The van der Waals surface area contributed by atoms with Gasteiger partial charge in [-0.3, -0.25) is 4.79 Å². The zero-order valence-corrected chi connectivity index (χ0v) is 16.5. The number of hydrogen-bond donors (Lipinski definition) is 1. The van der Waals surface area contributed by atoms with E-state index in [-0.39, 0.29) is 17.5 Å². The predicted octanol–water partition coefficient (Wildman–Crippen LogP) is 4.57. The van der Waals surface area contributed by atoms with Crippen molar-refractivity contribution < 1.29 is 4.79 Å². The van der Waals surface area contributed by atoms with Crippen molar-refractivity contribution in [1.82, 2.24) is 10.2 Å². The molecule has 0 heterocycles. The van der Waals surface area contributed by atoms with Gasteiger partial charge in [0.05, 0.1) is 6.04 Å². The number of halogens is 1. The maximum Gasteiger partial charge on any atom is 0.252 e. The minimum atomic E-state index is -0.239. The Morgan fingerprint density at radius 1 is 1.08 bits per heavy atom. The second kappa shape index (κ2) is 7.49. The lowest BCUT2D eigenvalue weighted by Crippen LogP contribution is -2.50. The summed E-state index contributed by atoms with van der Waals surface area (Å²) in [7, 11) is 4.07. The van der Waals surface area contributed by atoms with E-state index in [4.69, 9.17) is 0 Å². The summed E-state index contributed by atoms with van der Waals surface area (Å²) < 4.78 is 0.943. The second-order valence-corrected chi connectivity index (χ2v) is 7.63. The van der Waals surface area contributed by atoms with Crippen LogP contribution < -0.4 is 5.32 Å². The normalized spacial score (nSPS) is 13.0. The first-order chi connectivity index (χ1) is 11.2. The first-order valence-electron chi connectivity index (χ1n) is 8.03. The van der Waals surface area contributed by atoms with Gasteiger partial charge in [-0.15, -0.1) is 0 Å². The molecule has 24 heavy (non-hydrogen) atoms. The average molecular weight is 389 g/mol. The van der Waals surface area contributed by atoms with Crippen molar-refractivity contribution >= 4 is 21.8 Å². The first kappa shape index (κ1) is 18.7. The van der Waals surface area contributed by atoms with Gasteiger partial charge in [-0.2, -0.15) is 0 Å². The number of nitrogens with zero attached hydrogens (tertiary/aromatic N) is 1. The van der Waals surface area contributed by atoms with Gasteiger partial charge >= 0.3 is 0 Å². The fourth-order valence-corrected chi connectivity index (χ4v) is 3.00. The van der Waals surface area contributed by atoms with Gasteiger partial charge in [0.2, 0.25) is 0 Å². The van der Waals surface area contributed by atoms with E-state index in [1.807, 2.05) is 57.4 Å². The highest BCUT2D eigenvalue weighted by Gasteiger charge is 2.34. The zero-order valence-electron chi connectivity index (χ0n) is 14.9. The van der Waals surface area contributed by atoms with E-state index < -0.39 is 0 Å². The zero-order chi connectivity index (χ0) is 17.9. The van der Waals surface area contributed by atoms with Crippen molar-refractivity contribution in [2.45, 2.75) is 32.4 Å². The Morgan fingerprint density at radius 2 is 1.71 bits per heavy atom. The number of rotatable bonds is 5. The molecule has 0 fully saturated rings. The van der Waals surface area contributed by atoms with E-state index in [9.17, 15) is 4.79 Å². The summed E-state index contributed by atoms with van der Waals surface area (Å²) in [5.74, 6) is -0.0578. The van der Waals surface area contributed by atoms with Gasteiger partial charge in [0.1, 0.15) is 0 Å². The number of amides is 1. The van der Waals surface area contributed by atoms with E-state index in [1.165, 1.54) is 0 Å². The fraction of sp³-hybridized carbons (Fsp3) is 0.350. The Bertz CT molecular complexity index is 711. The molecule has 0 spiro atoms. The molecule has 1 unspecified atom stereocenters. The molecule has 0 aliphatic carbocycles. The standard InChI is InChI=1S/C20H25BrN2O/c1-14-16(12-9-13-17(14)21)19(24)22-18(20(2,3)23(4)5)15-10-7-6-8-11-15/h6-13,18H,1-5H3,(H,22,24). The Labute approximate surface area is 153 Å². The third-order valence-corrected chi connectivity index (χ3v) is 5.64. The van der Waals surface area contributed by atoms with Gasteiger partial charge in [0.15, 0.2) is 0 Å². The first-order valence-corrected chi connectivity index (χ1v) is 8.82. The molecule has 0 bridgehead atoms. The molecule has 0 aromatic heterocycles. The second-order valence-electron chi connectivity index (χ2n) is 6.78. The number of benzene rings is 2. The highest BCUT2D eigenvalue weighted by atomic mass is 79.9. The lowest BCUT2D eigenvalue weighted by Gasteiger charge is -2.41. The topological polar surface area (TPSA) is 32.3 Å². The lowest BCUT2D eigenvalue weighted by atomic mass is 9.87. The predicted molar refractivity (Wildman–Crippen MR) is 103 cm³/mol. The summed E-state index contributed by atoms with van der Waals surface area (Å²) in [6, 6.07) is 15.7. The lowest BCUT2D eigenvalue weighted by molar-refractivity contribution is 0.0839. The molecule has 128 valence electrons. The van der Waals surface area contributed by atoms with Crippen molar-refractivity contribution in [1.29, 1.82) is 0 Å². The van der Waals surface area contributed by atoms with Crippen molar-refractivity contribution in [3.05, 3.63) is 69.7 Å². The summed E-state index contributed by atoms with van der Waals surface area (Å²) in [6.07, 6.45) is 0. The van der Waals surface area contributed by atoms with Crippen molar-refractivity contribution in [2.24, 2.45) is 0 Å². The highest BCUT2D eigenvalue weighted by Crippen LogP contribution is 2.30. The number of carbonyl (C=O) groups excluding carboxylic acids is 1. The molecule has 0 aliphatic rings. The van der Waals surface area contributed by atoms with Gasteiger partial charge in [0.25, 0.3) is 5.91 Å². The van der Waals surface area contributed by atoms with Crippen LogP contribution in [0.25, 0.3) is 0 Å². The van der Waals surface area contributed by atoms with Crippen molar-refractivity contribution in [3.8, 4) is 0 Å². The molecule has 2 rings (SSSR count). The molecule has 4 heteroatoms. The SMILES string of the molecule is Cc1c(Br)cccc1C(=O)NC(c1ccccc1)C(C)(C)N(C)C. The molecule has 1 amide bonds. The van der Waals surface area contributed by atoms with Gasteiger partial charge < -0.3 is 10.2 Å². The molecular formula is C20H25BrN2O. The van der Waals surface area contributed by atoms with E-state index in [1.54, 1.807) is 0 Å². The minimum Gasteiger partial charge on any atom is -0.343 e. The van der Waals surface area contributed by atoms with Crippen LogP contribution in [0.15, 0.2) is 53.0 Å². The summed E-state index contributed by atoms with van der Waals surface area (Å²) in [6.45, 7) is 6.23. The van der Waals surface area contributed by atoms with Gasteiger partial charge in [0, 0.05) is 15.6 Å². The van der Waals surface area contributed by atoms with E-state index in [0.29, 0.717) is 5.56 Å². The maximum atomic E-state index is 12.9. The Hall–Kier alpha value is -1.65. The third kappa shape index (κ3) is 3.87. The van der Waals surface area contributed by atoms with Crippen LogP contribution in [0.1, 0.15) is 41.4 Å². The quantitative estimate of drug-likeness (QED) is 0.813. The number of nitrogens with one attached hydrogen (secondary N) is 1. The summed E-state index contributed by atoms with van der Waals surface area (Å²) in [5.41, 5.74) is 2.50. The Morgan fingerprint density at radius 3 is 2.29 bits per heavy atom. The van der Waals surface area contributed by atoms with Crippen LogP contribution in [-0.2, 0) is 0 Å². The molecule has 0 aliphatic heterocycles. The molecule has 3 nitrogen and oxygen atoms in total. The maximum absolute atomic E-state index is 12.9. The van der Waals surface area contributed by atoms with Crippen LogP contribution >= 0.6 is 15.9 Å². The van der Waals surface area contributed by atoms with Crippen LogP contribution in [0, 0.1) is 6.92 Å². The summed E-state index contributed by atoms with van der Waals surface area (Å²) in [4.78, 5) is 15.1. The highest BCUT2D eigenvalue weighted by molar-refractivity contribution is 9.10. The largest absolute Gasteiger partial charge is 0.343 e. The van der Waals surface area contributed by atoms with Crippen LogP contribution in [0.4, 0.5) is 0 Å². The smallest absolute Gasteiger partial charge is 0.252 e. The molecular weight excluding hydrogens is 364 g/mol. The average Bonchev–Trinajstić information content (AvgIpc) is 2.55. The third-order valence-electron chi connectivity index (χ3n) is 4.78. The molecule has 0 saturated heterocycles. The summed E-state index contributed by atoms with van der Waals surface area (Å²) >= 11 is 3.50. The van der Waals surface area contributed by atoms with E-state index in [2.05, 4.69) is 52.1 Å². The number of hydrogen-bond acceptors (Lipinski definition) is 2. The fourth-order valence-electron chi connectivity index (χ4n) is 2.63. The van der Waals surface area contributed by atoms with Gasteiger partial charge in [-0.1, -0.05) is 52.3 Å². The van der Waals surface area contributed by atoms with Crippen molar-refractivity contribution in [2.75, 3.05) is 14.1 Å². The molecule has 0 saturated carbocycles. The monoisotopic (exact) mass is 388 g/mol. The molecule has 2 aromatic carbocycles.